The van der Waals surface area contributed by atoms with Crippen LogP contribution in [0.2, 0.25) is 0 Å². The Labute approximate surface area is 124 Å². The normalized spacial score (nSPS) is 17.7. The zero-order chi connectivity index (χ0) is 14.2. The van der Waals surface area contributed by atoms with E-state index in [-0.39, 0.29) is 6.04 Å². The highest BCUT2D eigenvalue weighted by molar-refractivity contribution is 5.81. The van der Waals surface area contributed by atoms with Crippen molar-refractivity contribution in [1.29, 1.82) is 0 Å². The van der Waals surface area contributed by atoms with Gasteiger partial charge in [0.1, 0.15) is 0 Å². The molecule has 0 bridgehead atoms. The van der Waals surface area contributed by atoms with E-state index in [0.717, 1.165) is 29.6 Å². The molecule has 1 aliphatic rings. The number of nitrogens with two attached hydrogens (primary N) is 1. The quantitative estimate of drug-likeness (QED) is 0.721. The standard InChI is InChI=1S/C19H18N2/c20-17-6-3-5-13-8-9-15(12-16(13)17)19-11-10-14-4-1-2-7-18(14)21-19/h1-2,4,7-12,17H,3,5-6,20H2. The summed E-state index contributed by atoms with van der Waals surface area (Å²) in [5.41, 5.74) is 12.2. The Hall–Kier alpha value is -2.19. The number of rotatable bonds is 1. The lowest BCUT2D eigenvalue weighted by Crippen LogP contribution is -2.17. The molecule has 2 heteroatoms. The lowest BCUT2D eigenvalue weighted by Gasteiger charge is -2.22. The fourth-order valence-electron chi connectivity index (χ4n) is 3.22. The van der Waals surface area contributed by atoms with Gasteiger partial charge in [-0.3, -0.25) is 0 Å². The summed E-state index contributed by atoms with van der Waals surface area (Å²) in [6.45, 7) is 0. The average molecular weight is 274 g/mol. The van der Waals surface area contributed by atoms with Gasteiger partial charge in [-0.15, -0.1) is 0 Å². The van der Waals surface area contributed by atoms with Gasteiger partial charge in [0.2, 0.25) is 0 Å². The molecule has 2 N–H and O–H groups in total. The Kier molecular flexibility index (Phi) is 2.97. The second-order valence-corrected chi connectivity index (χ2v) is 5.80. The van der Waals surface area contributed by atoms with Gasteiger partial charge in [-0.05, 0) is 48.6 Å². The molecular formula is C19H18N2. The van der Waals surface area contributed by atoms with Gasteiger partial charge in [-0.2, -0.15) is 0 Å². The predicted octanol–water partition coefficient (Wildman–Crippen LogP) is 4.24. The zero-order valence-corrected chi connectivity index (χ0v) is 11.9. The van der Waals surface area contributed by atoms with Crippen LogP contribution in [0.5, 0.6) is 0 Å². The van der Waals surface area contributed by atoms with Crippen LogP contribution in [0.4, 0.5) is 0 Å². The molecule has 1 atom stereocenters. The first-order chi connectivity index (χ1) is 10.3. The molecule has 1 unspecified atom stereocenters. The first-order valence-electron chi connectivity index (χ1n) is 7.56. The van der Waals surface area contributed by atoms with Gasteiger partial charge in [0.15, 0.2) is 0 Å². The Balaban J connectivity index is 1.83. The van der Waals surface area contributed by atoms with Crippen LogP contribution < -0.4 is 5.73 Å². The third-order valence-corrected chi connectivity index (χ3v) is 4.40. The molecular weight excluding hydrogens is 256 g/mol. The largest absolute Gasteiger partial charge is 0.324 e. The van der Waals surface area contributed by atoms with Crippen LogP contribution >= 0.6 is 0 Å². The van der Waals surface area contributed by atoms with Crippen molar-refractivity contribution < 1.29 is 0 Å². The van der Waals surface area contributed by atoms with Crippen molar-refractivity contribution in [3.63, 3.8) is 0 Å². The summed E-state index contributed by atoms with van der Waals surface area (Å²) in [5.74, 6) is 0. The number of aromatic nitrogens is 1. The smallest absolute Gasteiger partial charge is 0.0709 e. The number of pyridine rings is 1. The van der Waals surface area contributed by atoms with E-state index in [1.54, 1.807) is 0 Å². The fourth-order valence-corrected chi connectivity index (χ4v) is 3.22. The Morgan fingerprint density at radius 2 is 1.90 bits per heavy atom. The molecule has 0 saturated heterocycles. The van der Waals surface area contributed by atoms with Crippen molar-refractivity contribution in [3.05, 3.63) is 65.7 Å². The molecule has 0 aliphatic heterocycles. The topological polar surface area (TPSA) is 38.9 Å². The van der Waals surface area contributed by atoms with Crippen LogP contribution in [0.25, 0.3) is 22.2 Å². The number of fused-ring (bicyclic) bond motifs is 2. The maximum atomic E-state index is 6.26. The average Bonchev–Trinajstić information content (AvgIpc) is 2.54. The molecule has 1 heterocycles. The Morgan fingerprint density at radius 1 is 1.00 bits per heavy atom. The third kappa shape index (κ3) is 2.22. The molecule has 0 fully saturated rings. The predicted molar refractivity (Wildman–Crippen MR) is 87.0 cm³/mol. The molecule has 1 aliphatic carbocycles. The summed E-state index contributed by atoms with van der Waals surface area (Å²) in [7, 11) is 0. The number of benzene rings is 2. The van der Waals surface area contributed by atoms with Crippen LogP contribution in [0.15, 0.2) is 54.6 Å². The molecule has 0 radical (unpaired) electrons. The van der Waals surface area contributed by atoms with Crippen molar-refractivity contribution in [3.8, 4) is 11.3 Å². The molecule has 0 amide bonds. The van der Waals surface area contributed by atoms with E-state index in [2.05, 4.69) is 42.5 Å². The van der Waals surface area contributed by atoms with E-state index < -0.39 is 0 Å². The van der Waals surface area contributed by atoms with Crippen LogP contribution in [0.1, 0.15) is 30.0 Å². The highest BCUT2D eigenvalue weighted by Crippen LogP contribution is 2.31. The van der Waals surface area contributed by atoms with Gasteiger partial charge in [-0.25, -0.2) is 4.98 Å². The Bertz CT molecular complexity index is 808. The number of para-hydroxylation sites is 1. The van der Waals surface area contributed by atoms with Gasteiger partial charge in [0.05, 0.1) is 11.2 Å². The minimum atomic E-state index is 0.175. The molecule has 104 valence electrons. The highest BCUT2D eigenvalue weighted by Gasteiger charge is 2.17. The summed E-state index contributed by atoms with van der Waals surface area (Å²) in [5, 5.41) is 1.18. The van der Waals surface area contributed by atoms with Crippen molar-refractivity contribution in [2.45, 2.75) is 25.3 Å². The number of hydrogen-bond donors (Lipinski definition) is 1. The molecule has 3 aromatic rings. The zero-order valence-electron chi connectivity index (χ0n) is 11.9. The van der Waals surface area contributed by atoms with Crippen LogP contribution in [0, 0.1) is 0 Å². The van der Waals surface area contributed by atoms with Gasteiger partial charge < -0.3 is 5.73 Å². The van der Waals surface area contributed by atoms with Gasteiger partial charge in [-0.1, -0.05) is 36.4 Å². The SMILES string of the molecule is NC1CCCc2ccc(-c3ccc4ccccc4n3)cc21. The maximum absolute atomic E-state index is 6.26. The first-order valence-corrected chi connectivity index (χ1v) is 7.56. The molecule has 4 rings (SSSR count). The molecule has 2 nitrogen and oxygen atoms in total. The van der Waals surface area contributed by atoms with Crippen LogP contribution in [-0.2, 0) is 6.42 Å². The van der Waals surface area contributed by atoms with Crippen molar-refractivity contribution in [2.75, 3.05) is 0 Å². The number of hydrogen-bond acceptors (Lipinski definition) is 2. The monoisotopic (exact) mass is 274 g/mol. The maximum Gasteiger partial charge on any atom is 0.0709 e. The van der Waals surface area contributed by atoms with Crippen molar-refractivity contribution in [1.82, 2.24) is 4.98 Å². The highest BCUT2D eigenvalue weighted by atomic mass is 14.7. The molecule has 0 spiro atoms. The Morgan fingerprint density at radius 3 is 2.86 bits per heavy atom. The van der Waals surface area contributed by atoms with Gasteiger partial charge >= 0.3 is 0 Å². The molecule has 0 saturated carbocycles. The second kappa shape index (κ2) is 4.97. The van der Waals surface area contributed by atoms with Gasteiger partial charge in [0.25, 0.3) is 0 Å². The van der Waals surface area contributed by atoms with Crippen LogP contribution in [0.3, 0.4) is 0 Å². The fraction of sp³-hybridized carbons (Fsp3) is 0.211. The second-order valence-electron chi connectivity index (χ2n) is 5.80. The summed E-state index contributed by atoms with van der Waals surface area (Å²) >= 11 is 0. The molecule has 21 heavy (non-hydrogen) atoms. The number of nitrogens with zero attached hydrogens (tertiary/aromatic N) is 1. The summed E-state index contributed by atoms with van der Waals surface area (Å²) in [4.78, 5) is 4.78. The van der Waals surface area contributed by atoms with Gasteiger partial charge in [0, 0.05) is 17.0 Å². The van der Waals surface area contributed by atoms with E-state index >= 15 is 0 Å². The minimum Gasteiger partial charge on any atom is -0.324 e. The summed E-state index contributed by atoms with van der Waals surface area (Å²) in [6, 6.07) is 19.3. The van der Waals surface area contributed by atoms with Crippen molar-refractivity contribution >= 4 is 10.9 Å². The number of aryl methyl sites for hydroxylation is 1. The molecule has 2 aromatic carbocycles. The van der Waals surface area contributed by atoms with E-state index in [4.69, 9.17) is 10.7 Å². The minimum absolute atomic E-state index is 0.175. The van der Waals surface area contributed by atoms with E-state index in [9.17, 15) is 0 Å². The lowest BCUT2D eigenvalue weighted by molar-refractivity contribution is 0.570. The van der Waals surface area contributed by atoms with Crippen molar-refractivity contribution in [2.24, 2.45) is 5.73 Å². The van der Waals surface area contributed by atoms with E-state index in [0.29, 0.717) is 0 Å². The summed E-state index contributed by atoms with van der Waals surface area (Å²) in [6.07, 6.45) is 3.43. The van der Waals surface area contributed by atoms with Crippen LogP contribution in [-0.4, -0.2) is 4.98 Å². The molecule has 1 aromatic heterocycles. The van der Waals surface area contributed by atoms with E-state index in [1.165, 1.54) is 22.9 Å². The van der Waals surface area contributed by atoms with E-state index in [1.807, 2.05) is 12.1 Å². The lowest BCUT2D eigenvalue weighted by atomic mass is 9.86. The third-order valence-electron chi connectivity index (χ3n) is 4.40. The first kappa shape index (κ1) is 12.5. The summed E-state index contributed by atoms with van der Waals surface area (Å²) < 4.78 is 0.